The van der Waals surface area contributed by atoms with Crippen molar-refractivity contribution in [3.8, 4) is 0 Å². The maximum atomic E-state index is 9.48. The molecular formula is C10H21N3O2. The number of hydrogen-bond acceptors (Lipinski definition) is 4. The molecule has 5 N–H and O–H groups in total. The molecule has 1 saturated carbocycles. The molecule has 1 fully saturated rings. The molecule has 1 aliphatic rings. The van der Waals surface area contributed by atoms with Gasteiger partial charge in [0, 0.05) is 0 Å². The highest BCUT2D eigenvalue weighted by Crippen LogP contribution is 2.23. The first-order valence-corrected chi connectivity index (χ1v) is 5.52. The molecule has 1 rings (SSSR count). The lowest BCUT2D eigenvalue weighted by Crippen LogP contribution is -2.42. The molecule has 0 saturated heterocycles. The van der Waals surface area contributed by atoms with Gasteiger partial charge < -0.3 is 21.4 Å². The third-order valence-electron chi connectivity index (χ3n) is 3.03. The van der Waals surface area contributed by atoms with Crippen LogP contribution in [0.25, 0.3) is 0 Å². The second kappa shape index (κ2) is 5.92. The van der Waals surface area contributed by atoms with Crippen LogP contribution >= 0.6 is 0 Å². The molecule has 0 aromatic heterocycles. The fourth-order valence-electron chi connectivity index (χ4n) is 1.98. The molecule has 0 aliphatic heterocycles. The topological polar surface area (TPSA) is 90.9 Å². The highest BCUT2D eigenvalue weighted by atomic mass is 16.4. The highest BCUT2D eigenvalue weighted by molar-refractivity contribution is 5.84. The summed E-state index contributed by atoms with van der Waals surface area (Å²) in [7, 11) is 0. The first kappa shape index (κ1) is 12.3. The molecule has 1 aliphatic carbocycles. The van der Waals surface area contributed by atoms with Gasteiger partial charge in [0.25, 0.3) is 0 Å². The van der Waals surface area contributed by atoms with Crippen molar-refractivity contribution >= 4 is 5.84 Å². The summed E-state index contributed by atoms with van der Waals surface area (Å²) in [5.74, 6) is 0.703. The van der Waals surface area contributed by atoms with E-state index in [-0.39, 0.29) is 18.0 Å². The van der Waals surface area contributed by atoms with Gasteiger partial charge >= 0.3 is 0 Å². The zero-order valence-corrected chi connectivity index (χ0v) is 9.19. The number of oxime groups is 1. The van der Waals surface area contributed by atoms with Gasteiger partial charge in [0.1, 0.15) is 0 Å². The van der Waals surface area contributed by atoms with E-state index in [1.807, 2.05) is 6.92 Å². The third kappa shape index (κ3) is 4.05. The van der Waals surface area contributed by atoms with Crippen molar-refractivity contribution in [2.75, 3.05) is 6.54 Å². The first-order chi connectivity index (χ1) is 7.13. The van der Waals surface area contributed by atoms with E-state index in [1.165, 1.54) is 0 Å². The van der Waals surface area contributed by atoms with E-state index >= 15 is 0 Å². The number of aliphatic hydroxyl groups excluding tert-OH is 1. The van der Waals surface area contributed by atoms with Gasteiger partial charge in [-0.05, 0) is 38.6 Å². The maximum Gasteiger partial charge on any atom is 0.156 e. The Hall–Kier alpha value is -0.810. The molecule has 0 spiro atoms. The highest BCUT2D eigenvalue weighted by Gasteiger charge is 2.20. The van der Waals surface area contributed by atoms with Crippen LogP contribution in [0.1, 0.15) is 32.6 Å². The van der Waals surface area contributed by atoms with Gasteiger partial charge in [0.15, 0.2) is 5.84 Å². The molecule has 0 amide bonds. The maximum absolute atomic E-state index is 9.48. The molecule has 88 valence electrons. The molecule has 15 heavy (non-hydrogen) atoms. The second-order valence-electron chi connectivity index (χ2n) is 4.34. The number of amidine groups is 1. The lowest BCUT2D eigenvalue weighted by Gasteiger charge is -2.27. The fraction of sp³-hybridized carbons (Fsp3) is 0.900. The quantitative estimate of drug-likeness (QED) is 0.234. The van der Waals surface area contributed by atoms with E-state index in [9.17, 15) is 5.11 Å². The van der Waals surface area contributed by atoms with Crippen LogP contribution < -0.4 is 11.1 Å². The van der Waals surface area contributed by atoms with Crippen LogP contribution in [-0.4, -0.2) is 34.8 Å². The predicted molar refractivity (Wildman–Crippen MR) is 58.8 cm³/mol. The molecule has 0 aromatic rings. The van der Waals surface area contributed by atoms with Gasteiger partial charge in [0.05, 0.1) is 12.1 Å². The fourth-order valence-corrected chi connectivity index (χ4v) is 1.98. The van der Waals surface area contributed by atoms with Crippen LogP contribution in [-0.2, 0) is 0 Å². The van der Waals surface area contributed by atoms with E-state index in [0.717, 1.165) is 32.2 Å². The zero-order valence-electron chi connectivity index (χ0n) is 9.19. The van der Waals surface area contributed by atoms with Crippen molar-refractivity contribution in [2.45, 2.75) is 44.8 Å². The summed E-state index contributed by atoms with van der Waals surface area (Å²) in [6.07, 6.45) is 3.87. The number of hydrogen-bond donors (Lipinski definition) is 4. The van der Waals surface area contributed by atoms with Gasteiger partial charge in [-0.1, -0.05) is 11.6 Å². The normalized spacial score (nSPS) is 30.1. The molecule has 5 heteroatoms. The SMILES string of the molecule is CC(NCC1CCCC(O)C1)C(N)=NO. The molecule has 0 radical (unpaired) electrons. The van der Waals surface area contributed by atoms with Crippen molar-refractivity contribution in [1.29, 1.82) is 0 Å². The van der Waals surface area contributed by atoms with Crippen LogP contribution in [0.2, 0.25) is 0 Å². The lowest BCUT2D eigenvalue weighted by atomic mass is 9.87. The molecular weight excluding hydrogens is 194 g/mol. The number of aliphatic hydroxyl groups is 1. The van der Waals surface area contributed by atoms with Crippen LogP contribution in [0.4, 0.5) is 0 Å². The Kier molecular flexibility index (Phi) is 4.84. The Bertz CT molecular complexity index is 221. The average molecular weight is 215 g/mol. The summed E-state index contributed by atoms with van der Waals surface area (Å²) < 4.78 is 0. The smallest absolute Gasteiger partial charge is 0.156 e. The molecule has 0 bridgehead atoms. The van der Waals surface area contributed by atoms with E-state index in [1.54, 1.807) is 0 Å². The Morgan fingerprint density at radius 1 is 1.60 bits per heavy atom. The van der Waals surface area contributed by atoms with Gasteiger partial charge in [-0.3, -0.25) is 0 Å². The van der Waals surface area contributed by atoms with E-state index in [4.69, 9.17) is 10.9 Å². The third-order valence-corrected chi connectivity index (χ3v) is 3.03. The van der Waals surface area contributed by atoms with Crippen LogP contribution in [0.15, 0.2) is 5.16 Å². The Morgan fingerprint density at radius 3 is 2.93 bits per heavy atom. The average Bonchev–Trinajstić information content (AvgIpc) is 2.25. The Morgan fingerprint density at radius 2 is 2.33 bits per heavy atom. The Balaban J connectivity index is 2.24. The monoisotopic (exact) mass is 215 g/mol. The summed E-state index contributed by atoms with van der Waals surface area (Å²) >= 11 is 0. The molecule has 5 nitrogen and oxygen atoms in total. The molecule has 3 unspecified atom stereocenters. The van der Waals surface area contributed by atoms with Gasteiger partial charge in [-0.2, -0.15) is 0 Å². The zero-order chi connectivity index (χ0) is 11.3. The molecule has 0 aromatic carbocycles. The lowest BCUT2D eigenvalue weighted by molar-refractivity contribution is 0.100. The minimum atomic E-state index is -0.148. The van der Waals surface area contributed by atoms with Gasteiger partial charge in [-0.25, -0.2) is 0 Å². The molecule has 3 atom stereocenters. The summed E-state index contributed by atoms with van der Waals surface area (Å²) in [5, 5.41) is 24.1. The minimum Gasteiger partial charge on any atom is -0.409 e. The number of rotatable bonds is 4. The van der Waals surface area contributed by atoms with E-state index in [2.05, 4.69) is 10.5 Å². The number of nitrogens with zero attached hydrogens (tertiary/aromatic N) is 1. The van der Waals surface area contributed by atoms with E-state index in [0.29, 0.717) is 5.92 Å². The number of nitrogens with one attached hydrogen (secondary N) is 1. The van der Waals surface area contributed by atoms with Crippen molar-refractivity contribution in [3.05, 3.63) is 0 Å². The van der Waals surface area contributed by atoms with Crippen LogP contribution in [0.5, 0.6) is 0 Å². The second-order valence-corrected chi connectivity index (χ2v) is 4.34. The summed E-state index contributed by atoms with van der Waals surface area (Å²) in [6.45, 7) is 2.67. The summed E-state index contributed by atoms with van der Waals surface area (Å²) in [4.78, 5) is 0. The van der Waals surface area contributed by atoms with Crippen molar-refractivity contribution in [2.24, 2.45) is 16.8 Å². The van der Waals surface area contributed by atoms with Crippen molar-refractivity contribution in [3.63, 3.8) is 0 Å². The summed E-state index contributed by atoms with van der Waals surface area (Å²) in [6, 6.07) is -0.117. The first-order valence-electron chi connectivity index (χ1n) is 5.52. The van der Waals surface area contributed by atoms with E-state index < -0.39 is 0 Å². The Labute approximate surface area is 90.3 Å². The standard InChI is InChI=1S/C10H21N3O2/c1-7(10(11)13-15)12-6-8-3-2-4-9(14)5-8/h7-9,12,14-15H,2-6H2,1H3,(H2,11,13). The van der Waals surface area contributed by atoms with Gasteiger partial charge in [-0.15, -0.1) is 0 Å². The minimum absolute atomic E-state index is 0.117. The largest absolute Gasteiger partial charge is 0.409 e. The van der Waals surface area contributed by atoms with Crippen LogP contribution in [0, 0.1) is 5.92 Å². The van der Waals surface area contributed by atoms with Gasteiger partial charge in [0.2, 0.25) is 0 Å². The predicted octanol–water partition coefficient (Wildman–Crippen LogP) is 0.262. The molecule has 0 heterocycles. The van der Waals surface area contributed by atoms with Crippen LogP contribution in [0.3, 0.4) is 0 Å². The van der Waals surface area contributed by atoms with Crippen molar-refractivity contribution < 1.29 is 10.3 Å². The number of nitrogens with two attached hydrogens (primary N) is 1. The van der Waals surface area contributed by atoms with Crippen molar-refractivity contribution in [1.82, 2.24) is 5.32 Å². The summed E-state index contributed by atoms with van der Waals surface area (Å²) in [5.41, 5.74) is 5.45.